The molecule has 0 aliphatic carbocycles. The van der Waals surface area contributed by atoms with Crippen molar-refractivity contribution in [3.63, 3.8) is 0 Å². The topological polar surface area (TPSA) is 27.0 Å². The summed E-state index contributed by atoms with van der Waals surface area (Å²) in [6.07, 6.45) is 19.0. The third kappa shape index (κ3) is 8.09. The summed E-state index contributed by atoms with van der Waals surface area (Å²) in [5.41, 5.74) is 5.44. The number of unbranched alkanes of at least 4 members (excludes halogenated alkanes) is 10. The van der Waals surface area contributed by atoms with Gasteiger partial charge in [0.1, 0.15) is 0 Å². The van der Waals surface area contributed by atoms with E-state index in [1.54, 1.807) is 0 Å². The Morgan fingerprint density at radius 3 is 1.62 bits per heavy atom. The van der Waals surface area contributed by atoms with Crippen LogP contribution in [0.15, 0.2) is 46.2 Å². The van der Waals surface area contributed by atoms with E-state index >= 15 is 0 Å². The maximum absolute atomic E-state index is 9.25. The third-order valence-corrected chi connectivity index (χ3v) is 8.03. The molecular weight excluding hydrogens is 432 g/mol. The zero-order valence-electron chi connectivity index (χ0n) is 21.6. The highest BCUT2D eigenvalue weighted by Crippen LogP contribution is 2.49. The van der Waals surface area contributed by atoms with Gasteiger partial charge in [0, 0.05) is 16.3 Å². The van der Waals surface area contributed by atoms with Gasteiger partial charge in [-0.1, -0.05) is 102 Å². The molecule has 0 fully saturated rings. The summed E-state index contributed by atoms with van der Waals surface area (Å²) in [5, 5.41) is 9.25. The van der Waals surface area contributed by atoms with Crippen LogP contribution >= 0.6 is 11.8 Å². The van der Waals surface area contributed by atoms with Gasteiger partial charge in [0.05, 0.1) is 23.9 Å². The first kappa shape index (κ1) is 26.7. The first-order chi connectivity index (χ1) is 16.8. The molecule has 0 saturated carbocycles. The first-order valence-corrected chi connectivity index (χ1v) is 14.7. The van der Waals surface area contributed by atoms with Crippen LogP contribution in [-0.4, -0.2) is 6.54 Å². The summed E-state index contributed by atoms with van der Waals surface area (Å²) < 4.78 is 0. The molecular formula is C31H44N2S. The Hall–Kier alpha value is -1.92. The molecule has 0 unspecified atom stereocenters. The molecule has 3 rings (SSSR count). The Bertz CT molecular complexity index is 849. The van der Waals surface area contributed by atoms with Gasteiger partial charge < -0.3 is 4.90 Å². The molecule has 34 heavy (non-hydrogen) atoms. The highest BCUT2D eigenvalue weighted by atomic mass is 32.2. The van der Waals surface area contributed by atoms with Crippen molar-refractivity contribution in [3.05, 3.63) is 47.5 Å². The fourth-order valence-electron chi connectivity index (χ4n) is 4.91. The number of hydrogen-bond acceptors (Lipinski definition) is 3. The molecule has 184 valence electrons. The molecule has 2 aromatic rings. The fraction of sp³-hybridized carbons (Fsp3) is 0.581. The van der Waals surface area contributed by atoms with Crippen LogP contribution in [0, 0.1) is 11.3 Å². The van der Waals surface area contributed by atoms with E-state index in [0.717, 1.165) is 6.54 Å². The smallest absolute Gasteiger partial charge is 0.0640 e. The zero-order chi connectivity index (χ0) is 24.0. The van der Waals surface area contributed by atoms with Crippen LogP contribution in [0.2, 0.25) is 0 Å². The van der Waals surface area contributed by atoms with Gasteiger partial charge in [-0.2, -0.15) is 5.26 Å². The quantitative estimate of drug-likeness (QED) is 0.225. The molecule has 0 spiro atoms. The van der Waals surface area contributed by atoms with Gasteiger partial charge >= 0.3 is 0 Å². The van der Waals surface area contributed by atoms with Gasteiger partial charge in [-0.25, -0.2) is 0 Å². The van der Waals surface area contributed by atoms with Crippen LogP contribution in [0.3, 0.4) is 0 Å². The largest absolute Gasteiger partial charge is 0.339 e. The number of aryl methyl sites for hydroxylation is 2. The van der Waals surface area contributed by atoms with Gasteiger partial charge in [0.25, 0.3) is 0 Å². The Kier molecular flexibility index (Phi) is 11.9. The second-order valence-corrected chi connectivity index (χ2v) is 10.9. The lowest BCUT2D eigenvalue weighted by atomic mass is 10.0. The van der Waals surface area contributed by atoms with Crippen LogP contribution < -0.4 is 4.90 Å². The standard InChI is InChI=1S/C31H44N2S/c1-3-5-7-9-11-13-16-26-18-20-28-30(24-26)34-31-25-27(17-14-12-10-8-6-4-2)19-21-29(31)33(28)23-15-22-32/h18-21,24-25H,3-17,23H2,1-2H3. The lowest BCUT2D eigenvalue weighted by Gasteiger charge is -2.33. The molecule has 3 heteroatoms. The summed E-state index contributed by atoms with van der Waals surface area (Å²) >= 11 is 1.92. The molecule has 0 saturated heterocycles. The van der Waals surface area contributed by atoms with Gasteiger partial charge in [-0.15, -0.1) is 0 Å². The van der Waals surface area contributed by atoms with E-state index in [4.69, 9.17) is 0 Å². The van der Waals surface area contributed by atoms with Crippen molar-refractivity contribution in [3.8, 4) is 6.07 Å². The van der Waals surface area contributed by atoms with Crippen LogP contribution in [0.25, 0.3) is 0 Å². The van der Waals surface area contributed by atoms with Crippen molar-refractivity contribution in [2.45, 2.75) is 120 Å². The Balaban J connectivity index is 1.66. The molecule has 1 heterocycles. The Labute approximate surface area is 213 Å². The average Bonchev–Trinajstić information content (AvgIpc) is 2.85. The lowest BCUT2D eigenvalue weighted by molar-refractivity contribution is 0.607. The second-order valence-electron chi connectivity index (χ2n) is 9.80. The van der Waals surface area contributed by atoms with Gasteiger partial charge in [-0.3, -0.25) is 0 Å². The van der Waals surface area contributed by atoms with E-state index in [-0.39, 0.29) is 0 Å². The minimum absolute atomic E-state index is 0.544. The highest BCUT2D eigenvalue weighted by Gasteiger charge is 2.23. The SMILES string of the molecule is CCCCCCCCc1ccc2c(c1)Sc1cc(CCCCCCCC)ccc1N2CCC#N. The van der Waals surface area contributed by atoms with E-state index in [0.29, 0.717) is 6.42 Å². The molecule has 0 aromatic heterocycles. The van der Waals surface area contributed by atoms with Crippen molar-refractivity contribution in [1.82, 2.24) is 0 Å². The number of nitriles is 1. The third-order valence-electron chi connectivity index (χ3n) is 6.94. The lowest BCUT2D eigenvalue weighted by Crippen LogP contribution is -2.22. The van der Waals surface area contributed by atoms with Gasteiger partial charge in [-0.05, 0) is 61.1 Å². The van der Waals surface area contributed by atoms with E-state index in [1.807, 2.05) is 11.8 Å². The van der Waals surface area contributed by atoms with Crippen LogP contribution in [-0.2, 0) is 12.8 Å². The number of benzene rings is 2. The summed E-state index contributed by atoms with van der Waals surface area (Å²) in [6, 6.07) is 16.4. The summed E-state index contributed by atoms with van der Waals surface area (Å²) in [5.74, 6) is 0. The molecule has 0 N–H and O–H groups in total. The molecule has 2 aromatic carbocycles. The Morgan fingerprint density at radius 2 is 1.15 bits per heavy atom. The van der Waals surface area contributed by atoms with Crippen LogP contribution in [0.5, 0.6) is 0 Å². The van der Waals surface area contributed by atoms with Crippen molar-refractivity contribution in [2.75, 3.05) is 11.4 Å². The van der Waals surface area contributed by atoms with E-state index in [1.165, 1.54) is 122 Å². The molecule has 0 amide bonds. The number of rotatable bonds is 16. The minimum Gasteiger partial charge on any atom is -0.339 e. The predicted molar refractivity (Wildman–Crippen MR) is 148 cm³/mol. The van der Waals surface area contributed by atoms with Crippen LogP contribution in [0.1, 0.15) is 108 Å². The summed E-state index contributed by atoms with van der Waals surface area (Å²) in [4.78, 5) is 5.07. The molecule has 1 aliphatic rings. The van der Waals surface area contributed by atoms with E-state index in [2.05, 4.69) is 61.2 Å². The monoisotopic (exact) mass is 476 g/mol. The first-order valence-electron chi connectivity index (χ1n) is 13.8. The maximum atomic E-state index is 9.25. The zero-order valence-corrected chi connectivity index (χ0v) is 22.4. The van der Waals surface area contributed by atoms with E-state index in [9.17, 15) is 5.26 Å². The molecule has 0 bridgehead atoms. The number of nitrogens with zero attached hydrogens (tertiary/aromatic N) is 2. The average molecular weight is 477 g/mol. The summed E-state index contributed by atoms with van der Waals surface area (Å²) in [6.45, 7) is 5.31. The van der Waals surface area contributed by atoms with Crippen molar-refractivity contribution < 1.29 is 0 Å². The predicted octanol–water partition coefficient (Wildman–Crippen LogP) is 10.0. The molecule has 2 nitrogen and oxygen atoms in total. The second kappa shape index (κ2) is 15.2. The van der Waals surface area contributed by atoms with Crippen molar-refractivity contribution in [1.29, 1.82) is 5.26 Å². The summed E-state index contributed by atoms with van der Waals surface area (Å²) in [7, 11) is 0. The molecule has 1 aliphatic heterocycles. The van der Waals surface area contributed by atoms with Crippen LogP contribution in [0.4, 0.5) is 11.4 Å². The highest BCUT2D eigenvalue weighted by molar-refractivity contribution is 7.99. The molecule has 0 atom stereocenters. The van der Waals surface area contributed by atoms with Crippen molar-refractivity contribution >= 4 is 23.1 Å². The number of fused-ring (bicyclic) bond motifs is 2. The number of hydrogen-bond donors (Lipinski definition) is 0. The minimum atomic E-state index is 0.544. The Morgan fingerprint density at radius 1 is 0.676 bits per heavy atom. The van der Waals surface area contributed by atoms with E-state index < -0.39 is 0 Å². The normalized spacial score (nSPS) is 12.3. The maximum Gasteiger partial charge on any atom is 0.0640 e. The van der Waals surface area contributed by atoms with Crippen molar-refractivity contribution in [2.24, 2.45) is 0 Å². The van der Waals surface area contributed by atoms with Gasteiger partial charge in [0.15, 0.2) is 0 Å². The molecule has 0 radical (unpaired) electrons. The number of anilines is 2. The fourth-order valence-corrected chi connectivity index (χ4v) is 6.13. The van der Waals surface area contributed by atoms with Gasteiger partial charge in [0.2, 0.25) is 0 Å².